The molecule has 1 saturated carbocycles. The summed E-state index contributed by atoms with van der Waals surface area (Å²) in [4.78, 5) is 22.4. The average molecular weight is 468 g/mol. The Morgan fingerprint density at radius 3 is 2.61 bits per heavy atom. The average Bonchev–Trinajstić information content (AvgIpc) is 3.51. The van der Waals surface area contributed by atoms with Crippen LogP contribution in [0.25, 0.3) is 16.2 Å². The van der Waals surface area contributed by atoms with E-state index in [0.29, 0.717) is 19.1 Å². The number of nitrogens with zero attached hydrogens (tertiary/aromatic N) is 5. The Morgan fingerprint density at radius 2 is 1.91 bits per heavy atom. The van der Waals surface area contributed by atoms with Gasteiger partial charge in [-0.3, -0.25) is 0 Å². The first-order valence-corrected chi connectivity index (χ1v) is 12.8. The Balaban J connectivity index is 1.40. The van der Waals surface area contributed by atoms with Crippen molar-refractivity contribution in [2.45, 2.75) is 58.5 Å². The normalized spacial score (nSPS) is 17.3. The molecule has 3 heterocycles. The van der Waals surface area contributed by atoms with Crippen molar-refractivity contribution >= 4 is 33.3 Å². The van der Waals surface area contributed by atoms with Gasteiger partial charge in [0, 0.05) is 43.8 Å². The minimum absolute atomic E-state index is 0.0180. The van der Waals surface area contributed by atoms with Gasteiger partial charge in [-0.2, -0.15) is 4.52 Å². The number of carbonyl (C=O) groups excluding carboxylic acids is 1. The number of fused-ring (bicyclic) bond motifs is 1. The van der Waals surface area contributed by atoms with Gasteiger partial charge in [-0.25, -0.2) is 9.78 Å². The molecule has 1 aromatic carbocycles. The quantitative estimate of drug-likeness (QED) is 0.583. The van der Waals surface area contributed by atoms with Gasteiger partial charge in [-0.1, -0.05) is 47.9 Å². The van der Waals surface area contributed by atoms with Crippen molar-refractivity contribution in [3.05, 3.63) is 29.8 Å². The van der Waals surface area contributed by atoms with Crippen LogP contribution in [0.3, 0.4) is 0 Å². The number of benzene rings is 1. The van der Waals surface area contributed by atoms with E-state index < -0.39 is 0 Å². The van der Waals surface area contributed by atoms with Crippen LogP contribution >= 0.6 is 11.3 Å². The maximum Gasteiger partial charge on any atom is 0.317 e. The first-order valence-electron chi connectivity index (χ1n) is 12.0. The highest BCUT2D eigenvalue weighted by molar-refractivity contribution is 7.20. The smallest absolute Gasteiger partial charge is 0.317 e. The number of piperazine rings is 1. The lowest BCUT2D eigenvalue weighted by molar-refractivity contribution is 0.192. The van der Waals surface area contributed by atoms with Crippen LogP contribution < -0.4 is 15.5 Å². The predicted octanol–water partition coefficient (Wildman–Crippen LogP) is 4.36. The number of hydrogen-bond donors (Lipinski definition) is 2. The summed E-state index contributed by atoms with van der Waals surface area (Å²) in [7, 11) is 0. The number of hydrogen-bond acceptors (Lipinski definition) is 6. The SMILES string of the molecule is Cc1cccc(-c2nc3sc(N4CCN(C(=O)NC(C)C)CC4)nn3c2NC2CCCC2)c1. The molecular weight excluding hydrogens is 434 g/mol. The molecule has 0 bridgehead atoms. The third-order valence-corrected chi connectivity index (χ3v) is 7.40. The summed E-state index contributed by atoms with van der Waals surface area (Å²) in [6, 6.07) is 9.16. The molecule has 3 aromatic rings. The zero-order valence-electron chi connectivity index (χ0n) is 19.7. The number of imidazole rings is 1. The molecule has 2 amide bonds. The van der Waals surface area contributed by atoms with Crippen LogP contribution in [0.15, 0.2) is 24.3 Å². The molecule has 0 atom stereocenters. The van der Waals surface area contributed by atoms with Gasteiger partial charge >= 0.3 is 6.03 Å². The Bertz CT molecular complexity index is 1120. The number of carbonyl (C=O) groups is 1. The van der Waals surface area contributed by atoms with Crippen molar-refractivity contribution in [3.63, 3.8) is 0 Å². The van der Waals surface area contributed by atoms with Gasteiger partial charge in [-0.15, -0.1) is 5.10 Å². The molecule has 1 saturated heterocycles. The first-order chi connectivity index (χ1) is 16.0. The molecule has 2 N–H and O–H groups in total. The van der Waals surface area contributed by atoms with Gasteiger partial charge in [0.1, 0.15) is 5.69 Å². The fourth-order valence-corrected chi connectivity index (χ4v) is 5.64. The number of urea groups is 1. The second-order valence-corrected chi connectivity index (χ2v) is 10.4. The molecule has 2 aromatic heterocycles. The van der Waals surface area contributed by atoms with Gasteiger partial charge in [0.15, 0.2) is 5.82 Å². The lowest BCUT2D eigenvalue weighted by atomic mass is 10.1. The van der Waals surface area contributed by atoms with E-state index in [0.717, 1.165) is 40.3 Å². The van der Waals surface area contributed by atoms with E-state index in [4.69, 9.17) is 10.1 Å². The molecule has 1 aliphatic carbocycles. The molecule has 0 spiro atoms. The van der Waals surface area contributed by atoms with Crippen LogP contribution in [0.5, 0.6) is 0 Å². The highest BCUT2D eigenvalue weighted by Gasteiger charge is 2.27. The van der Waals surface area contributed by atoms with Crippen molar-refractivity contribution in [1.82, 2.24) is 24.8 Å². The summed E-state index contributed by atoms with van der Waals surface area (Å²) in [6.07, 6.45) is 4.93. The Labute approximate surface area is 199 Å². The van der Waals surface area contributed by atoms with E-state index in [2.05, 4.69) is 46.7 Å². The lowest BCUT2D eigenvalue weighted by Gasteiger charge is -2.34. The molecule has 2 aliphatic rings. The standard InChI is InChI=1S/C24H33N7OS/c1-16(2)25-22(32)29-11-13-30(14-12-29)24-28-31-21(26-19-9-4-5-10-19)20(27-23(31)33-24)18-8-6-7-17(3)15-18/h6-8,15-16,19,26H,4-5,9-14H2,1-3H3,(H,25,32). The van der Waals surface area contributed by atoms with Gasteiger partial charge in [0.2, 0.25) is 10.1 Å². The van der Waals surface area contributed by atoms with E-state index in [1.165, 1.54) is 31.2 Å². The van der Waals surface area contributed by atoms with Crippen LogP contribution in [0.2, 0.25) is 0 Å². The van der Waals surface area contributed by atoms with Gasteiger partial charge < -0.3 is 20.4 Å². The van der Waals surface area contributed by atoms with E-state index in [-0.39, 0.29) is 12.1 Å². The molecule has 1 aliphatic heterocycles. The second kappa shape index (κ2) is 9.21. The Morgan fingerprint density at radius 1 is 1.15 bits per heavy atom. The summed E-state index contributed by atoms with van der Waals surface area (Å²) < 4.78 is 1.99. The van der Waals surface area contributed by atoms with Crippen LogP contribution in [-0.2, 0) is 0 Å². The summed E-state index contributed by atoms with van der Waals surface area (Å²) in [5, 5.41) is 12.7. The molecule has 0 radical (unpaired) electrons. The zero-order valence-corrected chi connectivity index (χ0v) is 20.5. The summed E-state index contributed by atoms with van der Waals surface area (Å²) in [5.41, 5.74) is 3.33. The van der Waals surface area contributed by atoms with Crippen molar-refractivity contribution < 1.29 is 4.79 Å². The molecule has 176 valence electrons. The maximum atomic E-state index is 12.3. The molecule has 5 rings (SSSR count). The van der Waals surface area contributed by atoms with Crippen LogP contribution in [0, 0.1) is 6.92 Å². The molecule has 0 unspecified atom stereocenters. The van der Waals surface area contributed by atoms with E-state index in [1.54, 1.807) is 11.3 Å². The number of aromatic nitrogens is 3. The van der Waals surface area contributed by atoms with Gasteiger partial charge in [0.25, 0.3) is 0 Å². The molecule has 2 fully saturated rings. The topological polar surface area (TPSA) is 77.8 Å². The predicted molar refractivity (Wildman–Crippen MR) is 134 cm³/mol. The van der Waals surface area contributed by atoms with Crippen molar-refractivity contribution in [3.8, 4) is 11.3 Å². The molecular formula is C24H33N7OS. The number of rotatable bonds is 5. The number of amides is 2. The lowest BCUT2D eigenvalue weighted by Crippen LogP contribution is -2.52. The molecule has 33 heavy (non-hydrogen) atoms. The van der Waals surface area contributed by atoms with Gasteiger partial charge in [-0.05, 0) is 39.7 Å². The van der Waals surface area contributed by atoms with E-state index >= 15 is 0 Å². The Hall–Kier alpha value is -2.81. The number of aryl methyl sites for hydroxylation is 1. The summed E-state index contributed by atoms with van der Waals surface area (Å²) >= 11 is 1.62. The zero-order chi connectivity index (χ0) is 22.9. The third kappa shape index (κ3) is 4.64. The summed E-state index contributed by atoms with van der Waals surface area (Å²) in [6.45, 7) is 9.04. The largest absolute Gasteiger partial charge is 0.365 e. The first kappa shape index (κ1) is 22.0. The van der Waals surface area contributed by atoms with E-state index in [9.17, 15) is 4.79 Å². The third-order valence-electron chi connectivity index (χ3n) is 6.43. The minimum atomic E-state index is 0.0180. The highest BCUT2D eigenvalue weighted by Crippen LogP contribution is 2.35. The minimum Gasteiger partial charge on any atom is -0.365 e. The fraction of sp³-hybridized carbons (Fsp3) is 0.542. The Kier molecular flexibility index (Phi) is 6.14. The van der Waals surface area contributed by atoms with Crippen molar-refractivity contribution in [1.29, 1.82) is 0 Å². The maximum absolute atomic E-state index is 12.3. The van der Waals surface area contributed by atoms with Crippen LogP contribution in [0.1, 0.15) is 45.1 Å². The molecule has 8 nitrogen and oxygen atoms in total. The van der Waals surface area contributed by atoms with E-state index in [1.807, 2.05) is 23.3 Å². The monoisotopic (exact) mass is 467 g/mol. The van der Waals surface area contributed by atoms with Crippen molar-refractivity contribution in [2.24, 2.45) is 0 Å². The van der Waals surface area contributed by atoms with Crippen LogP contribution in [0.4, 0.5) is 15.7 Å². The second-order valence-electron chi connectivity index (χ2n) is 9.46. The van der Waals surface area contributed by atoms with Crippen LogP contribution in [-0.4, -0.2) is 63.8 Å². The highest BCUT2D eigenvalue weighted by atomic mass is 32.1. The van der Waals surface area contributed by atoms with Crippen molar-refractivity contribution in [2.75, 3.05) is 36.4 Å². The molecule has 9 heteroatoms. The number of anilines is 2. The number of nitrogens with one attached hydrogen (secondary N) is 2. The van der Waals surface area contributed by atoms with Gasteiger partial charge in [0.05, 0.1) is 0 Å². The summed E-state index contributed by atoms with van der Waals surface area (Å²) in [5.74, 6) is 1.000. The fourth-order valence-electron chi connectivity index (χ4n) is 4.69.